The summed E-state index contributed by atoms with van der Waals surface area (Å²) in [6, 6.07) is 5.91. The zero-order valence-corrected chi connectivity index (χ0v) is 9.82. The lowest BCUT2D eigenvalue weighted by Crippen LogP contribution is -2.22. The standard InChI is InChI=1S/C13H19FO2/c1-3-5-12(16-4-2)13(15)10-6-8-11(14)9-7-10/h6-9,12-13,15H,3-5H2,1-2H3. The molecule has 0 aliphatic carbocycles. The molecular formula is C13H19FO2. The SMILES string of the molecule is CCCC(OCC)C(O)c1ccc(F)cc1. The summed E-state index contributed by atoms with van der Waals surface area (Å²) in [4.78, 5) is 0. The minimum absolute atomic E-state index is 0.208. The molecule has 0 spiro atoms. The molecule has 0 bridgehead atoms. The highest BCUT2D eigenvalue weighted by atomic mass is 19.1. The van der Waals surface area contributed by atoms with Gasteiger partial charge in [0.15, 0.2) is 0 Å². The maximum atomic E-state index is 12.7. The number of benzene rings is 1. The molecule has 0 aliphatic heterocycles. The summed E-state index contributed by atoms with van der Waals surface area (Å²) < 4.78 is 18.2. The molecule has 0 fully saturated rings. The third-order valence-electron chi connectivity index (χ3n) is 2.52. The molecule has 3 heteroatoms. The van der Waals surface area contributed by atoms with Crippen molar-refractivity contribution in [3.63, 3.8) is 0 Å². The number of rotatable bonds is 6. The van der Waals surface area contributed by atoms with Crippen LogP contribution in [0.5, 0.6) is 0 Å². The fraction of sp³-hybridized carbons (Fsp3) is 0.538. The van der Waals surface area contributed by atoms with Crippen LogP contribution in [0.3, 0.4) is 0 Å². The molecule has 0 amide bonds. The average Bonchev–Trinajstić information content (AvgIpc) is 2.29. The van der Waals surface area contributed by atoms with Crippen molar-refractivity contribution < 1.29 is 14.2 Å². The first-order valence-corrected chi connectivity index (χ1v) is 5.74. The zero-order valence-electron chi connectivity index (χ0n) is 9.82. The molecule has 0 aliphatic rings. The van der Waals surface area contributed by atoms with Crippen molar-refractivity contribution in [3.8, 4) is 0 Å². The zero-order chi connectivity index (χ0) is 12.0. The maximum absolute atomic E-state index is 12.7. The molecular weight excluding hydrogens is 207 g/mol. The van der Waals surface area contributed by atoms with Gasteiger partial charge in [0.1, 0.15) is 11.9 Å². The van der Waals surface area contributed by atoms with E-state index >= 15 is 0 Å². The van der Waals surface area contributed by atoms with Crippen molar-refractivity contribution in [1.29, 1.82) is 0 Å². The van der Waals surface area contributed by atoms with Crippen molar-refractivity contribution >= 4 is 0 Å². The number of halogens is 1. The van der Waals surface area contributed by atoms with Crippen LogP contribution in [0.4, 0.5) is 4.39 Å². The van der Waals surface area contributed by atoms with Gasteiger partial charge < -0.3 is 9.84 Å². The number of aliphatic hydroxyl groups excluding tert-OH is 1. The van der Waals surface area contributed by atoms with Crippen molar-refractivity contribution in [1.82, 2.24) is 0 Å². The Morgan fingerprint density at radius 1 is 1.25 bits per heavy atom. The molecule has 1 rings (SSSR count). The summed E-state index contributed by atoms with van der Waals surface area (Å²) in [6.45, 7) is 4.52. The van der Waals surface area contributed by atoms with Gasteiger partial charge in [-0.05, 0) is 31.0 Å². The quantitative estimate of drug-likeness (QED) is 0.807. The van der Waals surface area contributed by atoms with Crippen molar-refractivity contribution in [2.45, 2.75) is 38.9 Å². The number of ether oxygens (including phenoxy) is 1. The topological polar surface area (TPSA) is 29.5 Å². The first-order chi connectivity index (χ1) is 7.69. The highest BCUT2D eigenvalue weighted by Crippen LogP contribution is 2.22. The highest BCUT2D eigenvalue weighted by molar-refractivity contribution is 5.19. The fourth-order valence-corrected chi connectivity index (χ4v) is 1.71. The molecule has 0 aromatic heterocycles. The fourth-order valence-electron chi connectivity index (χ4n) is 1.71. The Balaban J connectivity index is 2.72. The normalized spacial score (nSPS) is 14.8. The Bertz CT molecular complexity index is 291. The van der Waals surface area contributed by atoms with Gasteiger partial charge in [-0.3, -0.25) is 0 Å². The third kappa shape index (κ3) is 3.58. The molecule has 2 unspecified atom stereocenters. The largest absolute Gasteiger partial charge is 0.386 e. The van der Waals surface area contributed by atoms with E-state index in [1.165, 1.54) is 12.1 Å². The summed E-state index contributed by atoms with van der Waals surface area (Å²) in [7, 11) is 0. The minimum atomic E-state index is -0.680. The average molecular weight is 226 g/mol. The van der Waals surface area contributed by atoms with Crippen LogP contribution in [0, 0.1) is 5.82 Å². The van der Waals surface area contributed by atoms with Crippen LogP contribution in [-0.4, -0.2) is 17.8 Å². The van der Waals surface area contributed by atoms with E-state index in [1.54, 1.807) is 12.1 Å². The van der Waals surface area contributed by atoms with E-state index in [0.717, 1.165) is 12.8 Å². The maximum Gasteiger partial charge on any atom is 0.123 e. The van der Waals surface area contributed by atoms with Gasteiger partial charge in [0.2, 0.25) is 0 Å². The van der Waals surface area contributed by atoms with Crippen LogP contribution in [0.25, 0.3) is 0 Å². The monoisotopic (exact) mass is 226 g/mol. The van der Waals surface area contributed by atoms with Gasteiger partial charge in [-0.1, -0.05) is 25.5 Å². The summed E-state index contributed by atoms with van der Waals surface area (Å²) >= 11 is 0. The lowest BCUT2D eigenvalue weighted by atomic mass is 10.0. The van der Waals surface area contributed by atoms with Gasteiger partial charge in [0.25, 0.3) is 0 Å². The predicted molar refractivity (Wildman–Crippen MR) is 61.7 cm³/mol. The molecule has 90 valence electrons. The van der Waals surface area contributed by atoms with Crippen molar-refractivity contribution in [3.05, 3.63) is 35.6 Å². The summed E-state index contributed by atoms with van der Waals surface area (Å²) in [6.07, 6.45) is 0.857. The van der Waals surface area contributed by atoms with Gasteiger partial charge in [-0.2, -0.15) is 0 Å². The molecule has 0 saturated heterocycles. The molecule has 2 atom stereocenters. The Hall–Kier alpha value is -0.930. The predicted octanol–water partition coefficient (Wildman–Crippen LogP) is 3.06. The van der Waals surface area contributed by atoms with E-state index in [0.29, 0.717) is 12.2 Å². The molecule has 1 aromatic rings. The lowest BCUT2D eigenvalue weighted by molar-refractivity contribution is -0.0384. The van der Waals surface area contributed by atoms with Crippen molar-refractivity contribution in [2.24, 2.45) is 0 Å². The Kier molecular flexibility index (Phi) is 5.43. The van der Waals surface area contributed by atoms with Crippen LogP contribution >= 0.6 is 0 Å². The molecule has 16 heavy (non-hydrogen) atoms. The molecule has 2 nitrogen and oxygen atoms in total. The Labute approximate surface area is 96.1 Å². The summed E-state index contributed by atoms with van der Waals surface area (Å²) in [5, 5.41) is 10.1. The summed E-state index contributed by atoms with van der Waals surface area (Å²) in [5.41, 5.74) is 0.702. The molecule has 0 radical (unpaired) electrons. The smallest absolute Gasteiger partial charge is 0.123 e. The Morgan fingerprint density at radius 3 is 2.38 bits per heavy atom. The van der Waals surface area contributed by atoms with E-state index in [2.05, 4.69) is 0 Å². The van der Waals surface area contributed by atoms with Gasteiger partial charge in [-0.25, -0.2) is 4.39 Å². The molecule has 0 heterocycles. The van der Waals surface area contributed by atoms with Gasteiger partial charge in [-0.15, -0.1) is 0 Å². The first-order valence-electron chi connectivity index (χ1n) is 5.74. The van der Waals surface area contributed by atoms with E-state index < -0.39 is 6.10 Å². The van der Waals surface area contributed by atoms with Gasteiger partial charge in [0.05, 0.1) is 6.10 Å². The first kappa shape index (κ1) is 13.1. The van der Waals surface area contributed by atoms with Crippen LogP contribution in [0.1, 0.15) is 38.4 Å². The van der Waals surface area contributed by atoms with Crippen LogP contribution in [-0.2, 0) is 4.74 Å². The second-order valence-corrected chi connectivity index (χ2v) is 3.78. The van der Waals surface area contributed by atoms with Crippen LogP contribution < -0.4 is 0 Å². The van der Waals surface area contributed by atoms with Gasteiger partial charge in [0, 0.05) is 6.61 Å². The van der Waals surface area contributed by atoms with Crippen LogP contribution in [0.15, 0.2) is 24.3 Å². The van der Waals surface area contributed by atoms with Crippen molar-refractivity contribution in [2.75, 3.05) is 6.61 Å². The van der Waals surface area contributed by atoms with E-state index in [1.807, 2.05) is 13.8 Å². The Morgan fingerprint density at radius 2 is 1.88 bits per heavy atom. The second kappa shape index (κ2) is 6.61. The lowest BCUT2D eigenvalue weighted by Gasteiger charge is -2.22. The van der Waals surface area contributed by atoms with E-state index in [9.17, 15) is 9.50 Å². The third-order valence-corrected chi connectivity index (χ3v) is 2.52. The number of hydrogen-bond acceptors (Lipinski definition) is 2. The molecule has 0 saturated carbocycles. The summed E-state index contributed by atoms with van der Waals surface area (Å²) in [5.74, 6) is -0.292. The number of hydrogen-bond donors (Lipinski definition) is 1. The highest BCUT2D eigenvalue weighted by Gasteiger charge is 2.20. The van der Waals surface area contributed by atoms with Gasteiger partial charge >= 0.3 is 0 Å². The molecule has 1 N–H and O–H groups in total. The minimum Gasteiger partial charge on any atom is -0.386 e. The van der Waals surface area contributed by atoms with E-state index in [4.69, 9.17) is 4.74 Å². The molecule has 1 aromatic carbocycles. The number of aliphatic hydroxyl groups is 1. The van der Waals surface area contributed by atoms with Crippen LogP contribution in [0.2, 0.25) is 0 Å². The van der Waals surface area contributed by atoms with E-state index in [-0.39, 0.29) is 11.9 Å². The second-order valence-electron chi connectivity index (χ2n) is 3.78.